The first-order chi connectivity index (χ1) is 9.63. The Morgan fingerprint density at radius 2 is 1.71 bits per heavy atom. The van der Waals surface area contributed by atoms with Gasteiger partial charge in [0.25, 0.3) is 0 Å². The summed E-state index contributed by atoms with van der Waals surface area (Å²) < 4.78 is 4.58. The third-order valence-electron chi connectivity index (χ3n) is 2.28. The smallest absolute Gasteiger partial charge is 0.309 e. The molecule has 0 unspecified atom stereocenters. The van der Waals surface area contributed by atoms with Crippen LogP contribution in [0.2, 0.25) is 0 Å². The quantitative estimate of drug-likeness (QED) is 0.813. The van der Waals surface area contributed by atoms with Gasteiger partial charge in [0.15, 0.2) is 0 Å². The molecule has 1 rings (SSSR count). The van der Waals surface area contributed by atoms with Crippen LogP contribution < -0.4 is 5.73 Å². The van der Waals surface area contributed by atoms with Crippen molar-refractivity contribution >= 4 is 11.9 Å². The van der Waals surface area contributed by atoms with Crippen LogP contribution in [0, 0.1) is 5.92 Å². The van der Waals surface area contributed by atoms with Crippen molar-refractivity contribution in [2.75, 3.05) is 7.11 Å². The Labute approximate surface area is 126 Å². The molecule has 0 bridgehead atoms. The summed E-state index contributed by atoms with van der Waals surface area (Å²) in [6.07, 6.45) is 0.182. The first-order valence-electron chi connectivity index (χ1n) is 6.76. The lowest BCUT2D eigenvalue weighted by Crippen LogP contribution is -2.26. The van der Waals surface area contributed by atoms with Gasteiger partial charge in [0.05, 0.1) is 19.4 Å². The van der Waals surface area contributed by atoms with Crippen LogP contribution in [0.5, 0.6) is 0 Å². The number of carboxylic acid groups (broad SMARTS) is 1. The van der Waals surface area contributed by atoms with Crippen LogP contribution in [-0.2, 0) is 20.7 Å². The molecule has 21 heavy (non-hydrogen) atoms. The second-order valence-electron chi connectivity index (χ2n) is 5.87. The maximum absolute atomic E-state index is 11.4. The molecule has 0 fully saturated rings. The molecular formula is C16H25NO4. The lowest BCUT2D eigenvalue weighted by molar-refractivity contribution is -0.150. The molecular weight excluding hydrogens is 270 g/mol. The SMILES string of the molecule is CC(C)(C)N.COC(=O)[C@H](CC(=O)O)Cc1ccccc1. The highest BCUT2D eigenvalue weighted by molar-refractivity contribution is 5.79. The van der Waals surface area contributed by atoms with E-state index in [-0.39, 0.29) is 12.0 Å². The highest BCUT2D eigenvalue weighted by atomic mass is 16.5. The molecule has 0 aliphatic rings. The number of rotatable bonds is 5. The van der Waals surface area contributed by atoms with Crippen molar-refractivity contribution in [2.45, 2.75) is 39.2 Å². The van der Waals surface area contributed by atoms with Crippen LogP contribution >= 0.6 is 0 Å². The van der Waals surface area contributed by atoms with Crippen LogP contribution in [0.3, 0.4) is 0 Å². The molecule has 0 heterocycles. The van der Waals surface area contributed by atoms with Crippen molar-refractivity contribution in [1.29, 1.82) is 0 Å². The number of methoxy groups -OCH3 is 1. The summed E-state index contributed by atoms with van der Waals surface area (Å²) in [5.41, 5.74) is 6.28. The lowest BCUT2D eigenvalue weighted by atomic mass is 9.96. The van der Waals surface area contributed by atoms with E-state index in [9.17, 15) is 9.59 Å². The van der Waals surface area contributed by atoms with E-state index in [2.05, 4.69) is 4.74 Å². The molecule has 0 aromatic heterocycles. The number of carbonyl (C=O) groups is 2. The average molecular weight is 295 g/mol. The topological polar surface area (TPSA) is 89.6 Å². The Bertz CT molecular complexity index is 431. The summed E-state index contributed by atoms with van der Waals surface area (Å²) >= 11 is 0. The minimum absolute atomic E-state index is 0. The second-order valence-corrected chi connectivity index (χ2v) is 5.87. The number of hydrogen-bond donors (Lipinski definition) is 2. The summed E-state index contributed by atoms with van der Waals surface area (Å²) in [6.45, 7) is 5.90. The highest BCUT2D eigenvalue weighted by Crippen LogP contribution is 2.14. The van der Waals surface area contributed by atoms with Crippen LogP contribution in [0.25, 0.3) is 0 Å². The van der Waals surface area contributed by atoms with Gasteiger partial charge in [0.2, 0.25) is 0 Å². The largest absolute Gasteiger partial charge is 0.481 e. The summed E-state index contributed by atoms with van der Waals surface area (Å²) in [5.74, 6) is -2.09. The van der Waals surface area contributed by atoms with Crippen molar-refractivity contribution in [3.05, 3.63) is 35.9 Å². The first-order valence-corrected chi connectivity index (χ1v) is 6.76. The molecule has 1 aromatic carbocycles. The fourth-order valence-corrected chi connectivity index (χ4v) is 1.51. The molecule has 0 amide bonds. The number of aliphatic carboxylic acids is 1. The number of esters is 1. The zero-order valence-corrected chi connectivity index (χ0v) is 13.1. The molecule has 0 saturated carbocycles. The van der Waals surface area contributed by atoms with E-state index in [1.807, 2.05) is 51.1 Å². The normalized spacial score (nSPS) is 11.9. The number of carboxylic acids is 1. The molecule has 1 atom stereocenters. The van der Waals surface area contributed by atoms with Crippen molar-refractivity contribution < 1.29 is 19.4 Å². The molecule has 118 valence electrons. The molecule has 0 radical (unpaired) electrons. The van der Waals surface area contributed by atoms with E-state index in [0.29, 0.717) is 6.42 Å². The van der Waals surface area contributed by atoms with E-state index < -0.39 is 17.9 Å². The summed E-state index contributed by atoms with van der Waals surface area (Å²) in [7, 11) is 1.27. The number of nitrogens with two attached hydrogens (primary N) is 1. The Kier molecular flexibility index (Phi) is 8.31. The third-order valence-corrected chi connectivity index (χ3v) is 2.28. The van der Waals surface area contributed by atoms with E-state index in [1.54, 1.807) is 0 Å². The van der Waals surface area contributed by atoms with Gasteiger partial charge in [0, 0.05) is 5.54 Å². The number of carbonyl (C=O) groups excluding carboxylic acids is 1. The van der Waals surface area contributed by atoms with Gasteiger partial charge in [-0.15, -0.1) is 0 Å². The maximum atomic E-state index is 11.4. The van der Waals surface area contributed by atoms with Gasteiger partial charge in [-0.3, -0.25) is 9.59 Å². The molecule has 5 heteroatoms. The average Bonchev–Trinajstić information content (AvgIpc) is 2.36. The van der Waals surface area contributed by atoms with Gasteiger partial charge >= 0.3 is 11.9 Å². The summed E-state index contributed by atoms with van der Waals surface area (Å²) in [6, 6.07) is 9.29. The van der Waals surface area contributed by atoms with Gasteiger partial charge in [-0.2, -0.15) is 0 Å². The Hall–Kier alpha value is -1.88. The Morgan fingerprint density at radius 3 is 2.10 bits per heavy atom. The molecule has 1 aromatic rings. The lowest BCUT2D eigenvalue weighted by Gasteiger charge is -2.12. The van der Waals surface area contributed by atoms with Crippen LogP contribution in [-0.4, -0.2) is 29.7 Å². The molecule has 0 aliphatic carbocycles. The minimum Gasteiger partial charge on any atom is -0.481 e. The number of ether oxygens (including phenoxy) is 1. The maximum Gasteiger partial charge on any atom is 0.309 e. The number of benzene rings is 1. The molecule has 0 aliphatic heterocycles. The molecule has 0 saturated heterocycles. The summed E-state index contributed by atoms with van der Waals surface area (Å²) in [5, 5.41) is 8.70. The molecule has 0 spiro atoms. The molecule has 3 N–H and O–H groups in total. The third kappa shape index (κ3) is 11.6. The van der Waals surface area contributed by atoms with Gasteiger partial charge < -0.3 is 15.6 Å². The van der Waals surface area contributed by atoms with E-state index in [1.165, 1.54) is 7.11 Å². The first kappa shape index (κ1) is 19.1. The fourth-order valence-electron chi connectivity index (χ4n) is 1.51. The van der Waals surface area contributed by atoms with Crippen molar-refractivity contribution in [3.8, 4) is 0 Å². The van der Waals surface area contributed by atoms with Crippen molar-refractivity contribution in [2.24, 2.45) is 11.7 Å². The zero-order valence-electron chi connectivity index (χ0n) is 13.1. The van der Waals surface area contributed by atoms with E-state index in [0.717, 1.165) is 5.56 Å². The van der Waals surface area contributed by atoms with Gasteiger partial charge in [0.1, 0.15) is 0 Å². The van der Waals surface area contributed by atoms with Crippen molar-refractivity contribution in [1.82, 2.24) is 0 Å². The fraction of sp³-hybridized carbons (Fsp3) is 0.500. The second kappa shape index (κ2) is 9.13. The number of hydrogen-bond acceptors (Lipinski definition) is 4. The van der Waals surface area contributed by atoms with Crippen LogP contribution in [0.1, 0.15) is 32.8 Å². The Balaban J connectivity index is 0.000000690. The standard InChI is InChI=1S/C12H14O4.C4H11N/c1-16-12(15)10(8-11(13)14)7-9-5-3-2-4-6-9;1-4(2,3)5/h2-6,10H,7-8H2,1H3,(H,13,14);5H2,1-3H3/t10-;/m0./s1. The highest BCUT2D eigenvalue weighted by Gasteiger charge is 2.22. The van der Waals surface area contributed by atoms with Crippen LogP contribution in [0.4, 0.5) is 0 Å². The van der Waals surface area contributed by atoms with Crippen molar-refractivity contribution in [3.63, 3.8) is 0 Å². The van der Waals surface area contributed by atoms with Gasteiger partial charge in [-0.25, -0.2) is 0 Å². The predicted molar refractivity (Wildman–Crippen MR) is 81.8 cm³/mol. The van der Waals surface area contributed by atoms with E-state index >= 15 is 0 Å². The van der Waals surface area contributed by atoms with Gasteiger partial charge in [-0.1, -0.05) is 30.3 Å². The van der Waals surface area contributed by atoms with E-state index in [4.69, 9.17) is 10.8 Å². The minimum atomic E-state index is -0.994. The molecule has 5 nitrogen and oxygen atoms in total. The van der Waals surface area contributed by atoms with Gasteiger partial charge in [-0.05, 0) is 32.8 Å². The summed E-state index contributed by atoms with van der Waals surface area (Å²) in [4.78, 5) is 22.0. The monoisotopic (exact) mass is 295 g/mol. The van der Waals surface area contributed by atoms with Crippen LogP contribution in [0.15, 0.2) is 30.3 Å². The zero-order chi connectivity index (χ0) is 16.5. The predicted octanol–water partition coefficient (Wildman–Crippen LogP) is 2.24. The Morgan fingerprint density at radius 1 is 1.24 bits per heavy atom.